The van der Waals surface area contributed by atoms with Gasteiger partial charge in [-0.2, -0.15) is 0 Å². The Balaban J connectivity index is 1.54. The molecule has 2 fully saturated rings. The Morgan fingerprint density at radius 3 is 2.72 bits per heavy atom. The van der Waals surface area contributed by atoms with Crippen molar-refractivity contribution in [3.63, 3.8) is 0 Å². The summed E-state index contributed by atoms with van der Waals surface area (Å²) >= 11 is 0. The van der Waals surface area contributed by atoms with Gasteiger partial charge in [-0.1, -0.05) is 30.3 Å². The molecule has 0 aromatic heterocycles. The topological polar surface area (TPSA) is 55.8 Å². The molecule has 2 heterocycles. The second kappa shape index (κ2) is 10.2. The molecule has 0 radical (unpaired) electrons. The molecule has 0 saturated carbocycles. The van der Waals surface area contributed by atoms with E-state index in [2.05, 4.69) is 0 Å². The fourth-order valence-corrected chi connectivity index (χ4v) is 6.29. The fraction of sp³-hybridized carbons (Fsp3) is 0.458. The van der Waals surface area contributed by atoms with E-state index >= 15 is 8.78 Å². The highest BCUT2D eigenvalue weighted by molar-refractivity contribution is 7.82. The third kappa shape index (κ3) is 4.77. The van der Waals surface area contributed by atoms with Gasteiger partial charge < -0.3 is 9.47 Å². The summed E-state index contributed by atoms with van der Waals surface area (Å²) in [5.74, 6) is -2.79. The Morgan fingerprint density at radius 2 is 1.97 bits per heavy atom. The predicted octanol–water partition coefficient (Wildman–Crippen LogP) is 4.26. The molecule has 4 rings (SSSR count). The van der Waals surface area contributed by atoms with E-state index in [1.165, 1.54) is 7.11 Å². The number of rotatable bonds is 5. The number of methoxy groups -OCH3 is 1. The molecule has 3 unspecified atom stereocenters. The van der Waals surface area contributed by atoms with Crippen LogP contribution in [0.3, 0.4) is 0 Å². The van der Waals surface area contributed by atoms with Crippen molar-refractivity contribution in [2.75, 3.05) is 26.9 Å². The lowest BCUT2D eigenvalue weighted by Gasteiger charge is -2.32. The first-order chi connectivity index (χ1) is 15.5. The van der Waals surface area contributed by atoms with Crippen LogP contribution in [-0.2, 0) is 31.8 Å². The van der Waals surface area contributed by atoms with Crippen LogP contribution in [-0.4, -0.2) is 41.4 Å². The smallest absolute Gasteiger partial charge is 0.309 e. The standard InChI is InChI=1S/C24H27F2NO4S/c1-30-24(28)18-9-11-31-15-20(18)19-13-21(25)17(12-22(19)26)14-27-10-5-8-23(32(27)29)16-6-3-2-4-7-16/h2-4,6-7,12-13,18,20,23H,5,8-11,14-15H2,1H3/t18?,20?,23-,32?/m1/s1. The van der Waals surface area contributed by atoms with Crippen LogP contribution in [0.15, 0.2) is 42.5 Å². The largest absolute Gasteiger partial charge is 0.469 e. The Bertz CT molecular complexity index is 987. The van der Waals surface area contributed by atoms with Crippen LogP contribution in [0.1, 0.15) is 47.1 Å². The number of hydrogen-bond donors (Lipinski definition) is 0. The summed E-state index contributed by atoms with van der Waals surface area (Å²) < 4.78 is 55.3. The number of hydrogen-bond acceptors (Lipinski definition) is 4. The number of benzene rings is 2. The first-order valence-corrected chi connectivity index (χ1v) is 12.0. The Labute approximate surface area is 189 Å². The maximum atomic E-state index is 15.1. The monoisotopic (exact) mass is 463 g/mol. The van der Waals surface area contributed by atoms with E-state index in [-0.39, 0.29) is 29.5 Å². The van der Waals surface area contributed by atoms with Gasteiger partial charge in [0.1, 0.15) is 22.6 Å². The van der Waals surface area contributed by atoms with E-state index in [1.807, 2.05) is 30.3 Å². The van der Waals surface area contributed by atoms with Gasteiger partial charge in [0.25, 0.3) is 0 Å². The first-order valence-electron chi connectivity index (χ1n) is 10.8. The molecule has 32 heavy (non-hydrogen) atoms. The van der Waals surface area contributed by atoms with Crippen LogP contribution in [0.4, 0.5) is 8.78 Å². The predicted molar refractivity (Wildman–Crippen MR) is 117 cm³/mol. The highest BCUT2D eigenvalue weighted by Crippen LogP contribution is 2.36. The van der Waals surface area contributed by atoms with Crippen molar-refractivity contribution in [2.45, 2.75) is 37.0 Å². The van der Waals surface area contributed by atoms with Gasteiger partial charge in [0.2, 0.25) is 0 Å². The van der Waals surface area contributed by atoms with Crippen molar-refractivity contribution >= 4 is 17.0 Å². The molecule has 0 N–H and O–H groups in total. The van der Waals surface area contributed by atoms with Crippen LogP contribution in [0.5, 0.6) is 0 Å². The van der Waals surface area contributed by atoms with E-state index < -0.39 is 40.4 Å². The number of esters is 1. The minimum absolute atomic E-state index is 0.0561. The van der Waals surface area contributed by atoms with Gasteiger partial charge in [0.05, 0.1) is 24.9 Å². The normalized spacial score (nSPS) is 26.6. The summed E-state index contributed by atoms with van der Waals surface area (Å²) in [4.78, 5) is 12.1. The molecule has 2 aliphatic rings. The molecule has 5 nitrogen and oxygen atoms in total. The number of carbonyl (C=O) groups excluding carboxylic acids is 1. The average Bonchev–Trinajstić information content (AvgIpc) is 2.82. The fourth-order valence-electron chi connectivity index (χ4n) is 4.59. The minimum atomic E-state index is -1.34. The zero-order valence-electron chi connectivity index (χ0n) is 18.0. The van der Waals surface area contributed by atoms with Crippen molar-refractivity contribution in [1.29, 1.82) is 0 Å². The Hall–Kier alpha value is -2.16. The molecule has 0 bridgehead atoms. The molecule has 172 valence electrons. The van der Waals surface area contributed by atoms with Crippen LogP contribution in [0.25, 0.3) is 0 Å². The molecule has 2 aliphatic heterocycles. The quantitative estimate of drug-likeness (QED) is 0.622. The van der Waals surface area contributed by atoms with E-state index in [1.54, 1.807) is 4.31 Å². The summed E-state index contributed by atoms with van der Waals surface area (Å²) in [6.45, 7) is 1.12. The summed E-state index contributed by atoms with van der Waals surface area (Å²) in [5, 5.41) is -0.155. The third-order valence-corrected chi connectivity index (χ3v) is 8.13. The molecule has 0 amide bonds. The Morgan fingerprint density at radius 1 is 1.19 bits per heavy atom. The van der Waals surface area contributed by atoms with Gasteiger partial charge in [0.15, 0.2) is 0 Å². The van der Waals surface area contributed by atoms with E-state index in [0.29, 0.717) is 19.6 Å². The molecule has 2 aromatic carbocycles. The van der Waals surface area contributed by atoms with E-state index in [9.17, 15) is 9.00 Å². The zero-order chi connectivity index (χ0) is 22.7. The van der Waals surface area contributed by atoms with Crippen LogP contribution in [0, 0.1) is 17.6 Å². The second-order valence-corrected chi connectivity index (χ2v) is 9.88. The highest BCUT2D eigenvalue weighted by atomic mass is 32.2. The summed E-state index contributed by atoms with van der Waals surface area (Å²) in [6.07, 6.45) is 2.01. The van der Waals surface area contributed by atoms with Crippen molar-refractivity contribution in [3.05, 3.63) is 70.8 Å². The maximum absolute atomic E-state index is 15.1. The summed E-state index contributed by atoms with van der Waals surface area (Å²) in [5.41, 5.74) is 1.26. The van der Waals surface area contributed by atoms with Gasteiger partial charge >= 0.3 is 5.97 Å². The molecule has 8 heteroatoms. The lowest BCUT2D eigenvalue weighted by Crippen LogP contribution is -2.35. The molecule has 0 aliphatic carbocycles. The molecule has 0 spiro atoms. The first kappa shape index (κ1) is 23.0. The number of ether oxygens (including phenoxy) is 2. The van der Waals surface area contributed by atoms with E-state index in [0.717, 1.165) is 30.5 Å². The molecule has 4 atom stereocenters. The lowest BCUT2D eigenvalue weighted by molar-refractivity contribution is -0.149. The van der Waals surface area contributed by atoms with Crippen LogP contribution >= 0.6 is 0 Å². The van der Waals surface area contributed by atoms with Gasteiger partial charge in [-0.3, -0.25) is 4.79 Å². The SMILES string of the molecule is COC(=O)C1CCOCC1c1cc(F)c(CN2CCC[C@H](c3ccccc3)S2=O)cc1F. The molecule has 2 saturated heterocycles. The molecule has 2 aromatic rings. The van der Waals surface area contributed by atoms with Gasteiger partial charge in [-0.25, -0.2) is 17.3 Å². The number of nitrogens with zero attached hydrogens (tertiary/aromatic N) is 1. The van der Waals surface area contributed by atoms with Crippen molar-refractivity contribution in [1.82, 2.24) is 4.31 Å². The lowest BCUT2D eigenvalue weighted by atomic mass is 9.82. The van der Waals surface area contributed by atoms with Crippen molar-refractivity contribution in [2.24, 2.45) is 5.92 Å². The van der Waals surface area contributed by atoms with Crippen molar-refractivity contribution in [3.8, 4) is 0 Å². The van der Waals surface area contributed by atoms with Crippen molar-refractivity contribution < 1.29 is 27.3 Å². The van der Waals surface area contributed by atoms with Gasteiger partial charge in [0, 0.05) is 31.2 Å². The average molecular weight is 464 g/mol. The summed E-state index contributed by atoms with van der Waals surface area (Å²) in [7, 11) is -0.0539. The zero-order valence-corrected chi connectivity index (χ0v) is 18.8. The second-order valence-electron chi connectivity index (χ2n) is 8.25. The molecular weight excluding hydrogens is 436 g/mol. The van der Waals surface area contributed by atoms with Crippen LogP contribution in [0.2, 0.25) is 0 Å². The third-order valence-electron chi connectivity index (χ3n) is 6.32. The molecular formula is C24H27F2NO4S. The Kier molecular flexibility index (Phi) is 7.33. The number of halogens is 2. The van der Waals surface area contributed by atoms with E-state index in [4.69, 9.17) is 9.47 Å². The summed E-state index contributed by atoms with van der Waals surface area (Å²) in [6, 6.07) is 12.0. The minimum Gasteiger partial charge on any atom is -0.469 e. The van der Waals surface area contributed by atoms with Gasteiger partial charge in [-0.05, 0) is 42.5 Å². The maximum Gasteiger partial charge on any atom is 0.309 e. The van der Waals surface area contributed by atoms with Gasteiger partial charge in [-0.15, -0.1) is 0 Å². The highest BCUT2D eigenvalue weighted by Gasteiger charge is 2.36. The van der Waals surface area contributed by atoms with Crippen LogP contribution < -0.4 is 0 Å². The number of carbonyl (C=O) groups is 1.